The maximum absolute atomic E-state index is 13.3. The number of phenolic OH excluding ortho intramolecular Hbond substituents is 1. The van der Waals surface area contributed by atoms with Crippen LogP contribution in [0.3, 0.4) is 0 Å². The first-order valence-electron chi connectivity index (χ1n) is 8.78. The third-order valence-corrected chi connectivity index (χ3v) is 5.39. The minimum absolute atomic E-state index is 0.0587. The van der Waals surface area contributed by atoms with E-state index in [-0.39, 0.29) is 50.5 Å². The van der Waals surface area contributed by atoms with Crippen molar-refractivity contribution in [3.63, 3.8) is 0 Å². The monoisotopic (exact) mass is 372 g/mol. The van der Waals surface area contributed by atoms with Crippen LogP contribution in [-0.2, 0) is 0 Å². The van der Waals surface area contributed by atoms with E-state index >= 15 is 0 Å². The van der Waals surface area contributed by atoms with Crippen LogP contribution in [0.25, 0.3) is 0 Å². The molecule has 0 unspecified atom stereocenters. The largest absolute Gasteiger partial charge is 0.507 e. The number of ketones is 4. The van der Waals surface area contributed by atoms with E-state index in [4.69, 9.17) is 0 Å². The molecule has 0 heterocycles. The summed E-state index contributed by atoms with van der Waals surface area (Å²) in [4.78, 5) is 52.3. The number of allylic oxidation sites excluding steroid dienone is 4. The number of carbonyl (C=O) groups excluding carboxylic acids is 4. The number of aryl methyl sites for hydroxylation is 1. The van der Waals surface area contributed by atoms with Gasteiger partial charge in [-0.15, -0.1) is 0 Å². The Bertz CT molecular complexity index is 1110. The number of Topliss-reactive ketones (excluding diaryl/α,β-unsaturated/α-hetero) is 4. The van der Waals surface area contributed by atoms with Crippen LogP contribution < -0.4 is 0 Å². The lowest BCUT2D eigenvalue weighted by atomic mass is 9.74. The van der Waals surface area contributed by atoms with Crippen molar-refractivity contribution >= 4 is 23.1 Å². The Hall–Kier alpha value is -3.60. The molecular formula is C23H16O5. The normalized spacial score (nSPS) is 16.5. The van der Waals surface area contributed by atoms with Gasteiger partial charge in [0.2, 0.25) is 0 Å². The first-order chi connectivity index (χ1) is 13.3. The second kappa shape index (κ2) is 5.96. The highest BCUT2D eigenvalue weighted by molar-refractivity contribution is 6.37. The van der Waals surface area contributed by atoms with Crippen molar-refractivity contribution in [2.24, 2.45) is 0 Å². The summed E-state index contributed by atoms with van der Waals surface area (Å²) in [7, 11) is 0. The second-order valence-electron chi connectivity index (χ2n) is 7.01. The van der Waals surface area contributed by atoms with E-state index in [1.54, 1.807) is 25.1 Å². The highest BCUT2D eigenvalue weighted by Crippen LogP contribution is 2.39. The molecule has 1 N–H and O–H groups in total. The van der Waals surface area contributed by atoms with Crippen LogP contribution in [0.4, 0.5) is 0 Å². The number of fused-ring (bicyclic) bond motifs is 2. The van der Waals surface area contributed by atoms with Crippen molar-refractivity contribution in [3.8, 4) is 5.75 Å². The lowest BCUT2D eigenvalue weighted by Crippen LogP contribution is -2.29. The number of aromatic hydroxyl groups is 1. The van der Waals surface area contributed by atoms with Crippen LogP contribution in [0.2, 0.25) is 0 Å². The van der Waals surface area contributed by atoms with Crippen molar-refractivity contribution in [2.45, 2.75) is 20.8 Å². The molecule has 5 nitrogen and oxygen atoms in total. The van der Waals surface area contributed by atoms with E-state index in [9.17, 15) is 24.3 Å². The van der Waals surface area contributed by atoms with E-state index in [2.05, 4.69) is 0 Å². The molecule has 2 aliphatic rings. The quantitative estimate of drug-likeness (QED) is 0.823. The highest BCUT2D eigenvalue weighted by Gasteiger charge is 2.40. The SMILES string of the molecule is CC1=C(C2=C(C)C(=O)c3cccc(O)c3C2=O)C(=O)c2c(C)cccc2C1=O. The van der Waals surface area contributed by atoms with Crippen LogP contribution >= 0.6 is 0 Å². The Morgan fingerprint density at radius 1 is 0.607 bits per heavy atom. The average molecular weight is 372 g/mol. The Labute approximate surface area is 161 Å². The Balaban J connectivity index is 2.01. The highest BCUT2D eigenvalue weighted by atomic mass is 16.3. The zero-order chi connectivity index (χ0) is 20.3. The lowest BCUT2D eigenvalue weighted by Gasteiger charge is -2.26. The first-order valence-corrected chi connectivity index (χ1v) is 8.78. The van der Waals surface area contributed by atoms with E-state index in [1.165, 1.54) is 32.0 Å². The van der Waals surface area contributed by atoms with E-state index < -0.39 is 17.3 Å². The van der Waals surface area contributed by atoms with Crippen molar-refractivity contribution < 1.29 is 24.3 Å². The molecule has 0 amide bonds. The molecular weight excluding hydrogens is 356 g/mol. The van der Waals surface area contributed by atoms with Gasteiger partial charge in [-0.05, 0) is 32.4 Å². The Kier molecular flexibility index (Phi) is 3.79. The van der Waals surface area contributed by atoms with Gasteiger partial charge in [0.05, 0.1) is 5.56 Å². The number of hydrogen-bond donors (Lipinski definition) is 1. The average Bonchev–Trinajstić information content (AvgIpc) is 2.66. The lowest BCUT2D eigenvalue weighted by molar-refractivity contribution is 0.0951. The predicted octanol–water partition coefficient (Wildman–Crippen LogP) is 3.79. The van der Waals surface area contributed by atoms with Crippen LogP contribution in [0.5, 0.6) is 5.75 Å². The molecule has 0 spiro atoms. The van der Waals surface area contributed by atoms with Gasteiger partial charge in [-0.25, -0.2) is 0 Å². The number of carbonyl (C=O) groups is 4. The summed E-state index contributed by atoms with van der Waals surface area (Å²) < 4.78 is 0. The molecule has 0 saturated heterocycles. The summed E-state index contributed by atoms with van der Waals surface area (Å²) in [5.41, 5.74) is 1.17. The summed E-state index contributed by atoms with van der Waals surface area (Å²) in [5.74, 6) is -2.21. The molecule has 0 aromatic heterocycles. The first kappa shape index (κ1) is 17.8. The summed E-state index contributed by atoms with van der Waals surface area (Å²) in [6.07, 6.45) is 0. The molecule has 0 saturated carbocycles. The minimum Gasteiger partial charge on any atom is -0.507 e. The van der Waals surface area contributed by atoms with Crippen molar-refractivity contribution in [2.75, 3.05) is 0 Å². The van der Waals surface area contributed by atoms with Crippen molar-refractivity contribution in [1.82, 2.24) is 0 Å². The fourth-order valence-electron chi connectivity index (χ4n) is 3.95. The number of phenols is 1. The minimum atomic E-state index is -0.627. The molecule has 4 rings (SSSR count). The van der Waals surface area contributed by atoms with Crippen molar-refractivity contribution in [3.05, 3.63) is 86.5 Å². The topological polar surface area (TPSA) is 88.5 Å². The van der Waals surface area contributed by atoms with Crippen LogP contribution in [-0.4, -0.2) is 28.2 Å². The van der Waals surface area contributed by atoms with Gasteiger partial charge in [0.25, 0.3) is 0 Å². The van der Waals surface area contributed by atoms with E-state index in [0.717, 1.165) is 0 Å². The van der Waals surface area contributed by atoms with Crippen LogP contribution in [0.1, 0.15) is 60.8 Å². The van der Waals surface area contributed by atoms with Crippen molar-refractivity contribution in [1.29, 1.82) is 0 Å². The summed E-state index contributed by atoms with van der Waals surface area (Å²) in [6, 6.07) is 9.27. The van der Waals surface area contributed by atoms with Gasteiger partial charge in [-0.3, -0.25) is 19.2 Å². The number of benzene rings is 2. The summed E-state index contributed by atoms with van der Waals surface area (Å²) in [6.45, 7) is 4.67. The molecule has 2 aromatic carbocycles. The van der Waals surface area contributed by atoms with E-state index in [0.29, 0.717) is 11.1 Å². The van der Waals surface area contributed by atoms with Crippen LogP contribution in [0.15, 0.2) is 58.7 Å². The zero-order valence-electron chi connectivity index (χ0n) is 15.5. The van der Waals surface area contributed by atoms with Gasteiger partial charge in [0.1, 0.15) is 5.75 Å². The maximum Gasteiger partial charge on any atom is 0.198 e. The predicted molar refractivity (Wildman–Crippen MR) is 102 cm³/mol. The molecule has 2 aromatic rings. The molecule has 0 fully saturated rings. The molecule has 138 valence electrons. The molecule has 5 heteroatoms. The summed E-state index contributed by atoms with van der Waals surface area (Å²) >= 11 is 0. The van der Waals surface area contributed by atoms with Gasteiger partial charge in [0, 0.05) is 39.0 Å². The molecule has 0 aliphatic heterocycles. The standard InChI is InChI=1S/C23H16O5/c1-10-6-4-7-13-16(10)22(27)17(11(2)20(13)25)18-12(3)21(26)14-8-5-9-15(24)19(14)23(18)28/h4-9,24H,1-3H3. The van der Waals surface area contributed by atoms with Gasteiger partial charge >= 0.3 is 0 Å². The Morgan fingerprint density at radius 2 is 1.07 bits per heavy atom. The third kappa shape index (κ3) is 2.19. The van der Waals surface area contributed by atoms with Gasteiger partial charge in [-0.1, -0.05) is 30.3 Å². The van der Waals surface area contributed by atoms with Gasteiger partial charge < -0.3 is 5.11 Å². The fourth-order valence-corrected chi connectivity index (χ4v) is 3.95. The molecule has 0 bridgehead atoms. The fraction of sp³-hybridized carbons (Fsp3) is 0.130. The second-order valence-corrected chi connectivity index (χ2v) is 7.01. The Morgan fingerprint density at radius 3 is 1.64 bits per heavy atom. The smallest absolute Gasteiger partial charge is 0.198 e. The molecule has 0 atom stereocenters. The van der Waals surface area contributed by atoms with Gasteiger partial charge in [-0.2, -0.15) is 0 Å². The molecule has 0 radical (unpaired) electrons. The molecule has 28 heavy (non-hydrogen) atoms. The third-order valence-electron chi connectivity index (χ3n) is 5.39. The number of hydrogen-bond acceptors (Lipinski definition) is 5. The van der Waals surface area contributed by atoms with E-state index in [1.807, 2.05) is 0 Å². The zero-order valence-corrected chi connectivity index (χ0v) is 15.5. The summed E-state index contributed by atoms with van der Waals surface area (Å²) in [5, 5.41) is 10.2. The van der Waals surface area contributed by atoms with Crippen LogP contribution in [0, 0.1) is 6.92 Å². The number of rotatable bonds is 1. The molecule has 2 aliphatic carbocycles. The van der Waals surface area contributed by atoms with Gasteiger partial charge in [0.15, 0.2) is 23.1 Å². The maximum atomic E-state index is 13.3.